The first-order valence-electron chi connectivity index (χ1n) is 13.7. The summed E-state index contributed by atoms with van der Waals surface area (Å²) in [6.07, 6.45) is -0.128. The molecule has 2 heterocycles. The molecule has 2 atom stereocenters. The number of aliphatic carboxylic acids is 2. The van der Waals surface area contributed by atoms with Crippen molar-refractivity contribution in [2.24, 2.45) is 11.8 Å². The predicted octanol–water partition coefficient (Wildman–Crippen LogP) is 3.07. The van der Waals surface area contributed by atoms with E-state index in [-0.39, 0.29) is 37.9 Å². The zero-order chi connectivity index (χ0) is 30.6. The summed E-state index contributed by atoms with van der Waals surface area (Å²) in [6, 6.07) is 7.31. The van der Waals surface area contributed by atoms with Crippen molar-refractivity contribution in [2.45, 2.75) is 52.9 Å². The van der Waals surface area contributed by atoms with Crippen LogP contribution in [0.3, 0.4) is 0 Å². The molecule has 2 N–H and O–H groups in total. The highest BCUT2D eigenvalue weighted by Crippen LogP contribution is 2.37. The molecule has 4 rings (SSSR count). The Hall–Kier alpha value is -4.48. The molecule has 0 bridgehead atoms. The van der Waals surface area contributed by atoms with Gasteiger partial charge in [0.05, 0.1) is 26.1 Å². The normalized spacial score (nSPS) is 15.0. The number of carbonyl (C=O) groups is 4. The molecule has 2 aliphatic rings. The van der Waals surface area contributed by atoms with E-state index in [0.29, 0.717) is 49.2 Å². The van der Waals surface area contributed by atoms with Gasteiger partial charge in [0.1, 0.15) is 13.2 Å². The van der Waals surface area contributed by atoms with Gasteiger partial charge in [0.25, 0.3) is 0 Å². The van der Waals surface area contributed by atoms with Crippen LogP contribution in [0, 0.1) is 11.8 Å². The molecule has 0 saturated heterocycles. The number of carboxylic acids is 2. The van der Waals surface area contributed by atoms with Crippen LogP contribution in [0.2, 0.25) is 0 Å². The molecule has 0 spiro atoms. The number of carbonyl (C=O) groups excluding carboxylic acids is 2. The fraction of sp³-hybridized carbons (Fsp3) is 0.467. The summed E-state index contributed by atoms with van der Waals surface area (Å²) in [7, 11) is 3.06. The van der Waals surface area contributed by atoms with Crippen LogP contribution in [0.1, 0.15) is 48.9 Å². The van der Waals surface area contributed by atoms with Gasteiger partial charge in [-0.05, 0) is 46.5 Å². The van der Waals surface area contributed by atoms with E-state index in [0.717, 1.165) is 22.3 Å². The summed E-state index contributed by atoms with van der Waals surface area (Å²) in [5, 5.41) is 18.2. The Morgan fingerprint density at radius 3 is 1.24 bits per heavy atom. The second-order valence-corrected chi connectivity index (χ2v) is 10.6. The van der Waals surface area contributed by atoms with Crippen LogP contribution in [0.15, 0.2) is 24.3 Å². The smallest absolute Gasteiger partial charge is 0.306 e. The highest BCUT2D eigenvalue weighted by Gasteiger charge is 2.29. The molecule has 0 unspecified atom stereocenters. The topological polar surface area (TPSA) is 152 Å². The lowest BCUT2D eigenvalue weighted by molar-refractivity contribution is -0.145. The predicted molar refractivity (Wildman–Crippen MR) is 148 cm³/mol. The molecular weight excluding hydrogens is 548 g/mol. The first-order valence-corrected chi connectivity index (χ1v) is 13.7. The molecular formula is C30H36N2O10. The van der Waals surface area contributed by atoms with Crippen molar-refractivity contribution in [1.82, 2.24) is 9.80 Å². The van der Waals surface area contributed by atoms with E-state index >= 15 is 0 Å². The van der Waals surface area contributed by atoms with Gasteiger partial charge in [-0.15, -0.1) is 0 Å². The summed E-state index contributed by atoms with van der Waals surface area (Å²) < 4.78 is 22.9. The van der Waals surface area contributed by atoms with Crippen LogP contribution < -0.4 is 18.9 Å². The minimum atomic E-state index is -1.00. The van der Waals surface area contributed by atoms with E-state index < -0.39 is 23.8 Å². The molecule has 226 valence electrons. The SMILES string of the molecule is COc1cc2c(cc1OCCOc1cc3c(cc1OC)CN(C(=O)C[C@H](C)C(=O)O)C3)CN(C(=O)C[C@H](C)C(=O)O)C2. The first-order chi connectivity index (χ1) is 20.0. The highest BCUT2D eigenvalue weighted by molar-refractivity contribution is 5.83. The summed E-state index contributed by atoms with van der Waals surface area (Å²) in [5.41, 5.74) is 3.64. The highest BCUT2D eigenvalue weighted by atomic mass is 16.5. The molecule has 12 heteroatoms. The van der Waals surface area contributed by atoms with Crippen molar-refractivity contribution in [3.8, 4) is 23.0 Å². The molecule has 0 aliphatic carbocycles. The summed E-state index contributed by atoms with van der Waals surface area (Å²) in [6.45, 7) is 4.87. The van der Waals surface area contributed by atoms with Gasteiger partial charge < -0.3 is 39.0 Å². The van der Waals surface area contributed by atoms with Crippen molar-refractivity contribution in [1.29, 1.82) is 0 Å². The zero-order valence-electron chi connectivity index (χ0n) is 24.2. The second-order valence-electron chi connectivity index (χ2n) is 10.6. The quantitative estimate of drug-likeness (QED) is 0.336. The van der Waals surface area contributed by atoms with Gasteiger partial charge in [-0.1, -0.05) is 13.8 Å². The number of hydrogen-bond acceptors (Lipinski definition) is 8. The maximum atomic E-state index is 12.6. The summed E-state index contributed by atoms with van der Waals surface area (Å²) in [4.78, 5) is 50.7. The number of hydrogen-bond donors (Lipinski definition) is 2. The Labute approximate surface area is 243 Å². The Kier molecular flexibility index (Phi) is 9.44. The van der Waals surface area contributed by atoms with E-state index in [1.54, 1.807) is 9.80 Å². The Morgan fingerprint density at radius 1 is 0.643 bits per heavy atom. The number of nitrogens with zero attached hydrogens (tertiary/aromatic N) is 2. The molecule has 42 heavy (non-hydrogen) atoms. The van der Waals surface area contributed by atoms with E-state index in [9.17, 15) is 19.2 Å². The van der Waals surface area contributed by atoms with Crippen LogP contribution in [-0.2, 0) is 45.4 Å². The minimum Gasteiger partial charge on any atom is -0.493 e. The number of fused-ring (bicyclic) bond motifs is 2. The van der Waals surface area contributed by atoms with E-state index in [4.69, 9.17) is 29.2 Å². The average Bonchev–Trinajstić information content (AvgIpc) is 3.57. The lowest BCUT2D eigenvalue weighted by Gasteiger charge is -2.16. The molecule has 0 radical (unpaired) electrons. The van der Waals surface area contributed by atoms with Gasteiger partial charge in [-0.3, -0.25) is 19.2 Å². The third kappa shape index (κ3) is 6.87. The first kappa shape index (κ1) is 30.5. The van der Waals surface area contributed by atoms with Gasteiger partial charge in [0.2, 0.25) is 11.8 Å². The van der Waals surface area contributed by atoms with Crippen molar-refractivity contribution in [2.75, 3.05) is 27.4 Å². The largest absolute Gasteiger partial charge is 0.493 e. The molecule has 2 aliphatic heterocycles. The fourth-order valence-corrected chi connectivity index (χ4v) is 4.97. The number of benzene rings is 2. The van der Waals surface area contributed by atoms with Crippen molar-refractivity contribution < 1.29 is 48.3 Å². The molecule has 0 aromatic heterocycles. The number of methoxy groups -OCH3 is 2. The zero-order valence-corrected chi connectivity index (χ0v) is 24.2. The van der Waals surface area contributed by atoms with Gasteiger partial charge in [0.15, 0.2) is 23.0 Å². The maximum absolute atomic E-state index is 12.6. The van der Waals surface area contributed by atoms with Gasteiger partial charge in [-0.2, -0.15) is 0 Å². The number of ether oxygens (including phenoxy) is 4. The Morgan fingerprint density at radius 2 is 0.952 bits per heavy atom. The number of rotatable bonds is 13. The lowest BCUT2D eigenvalue weighted by atomic mass is 10.1. The maximum Gasteiger partial charge on any atom is 0.306 e. The van der Waals surface area contributed by atoms with Crippen LogP contribution in [0.25, 0.3) is 0 Å². The second kappa shape index (κ2) is 13.0. The van der Waals surface area contributed by atoms with Crippen molar-refractivity contribution in [3.05, 3.63) is 46.5 Å². The molecule has 2 aromatic rings. The van der Waals surface area contributed by atoms with Gasteiger partial charge >= 0.3 is 11.9 Å². The van der Waals surface area contributed by atoms with Crippen molar-refractivity contribution in [3.63, 3.8) is 0 Å². The van der Waals surface area contributed by atoms with E-state index in [2.05, 4.69) is 0 Å². The third-order valence-electron chi connectivity index (χ3n) is 7.53. The number of carboxylic acid groups (broad SMARTS) is 2. The Bertz CT molecular complexity index is 1270. The van der Waals surface area contributed by atoms with Crippen LogP contribution in [0.4, 0.5) is 0 Å². The third-order valence-corrected chi connectivity index (χ3v) is 7.53. The number of amides is 2. The lowest BCUT2D eigenvalue weighted by Crippen LogP contribution is -2.28. The van der Waals surface area contributed by atoms with Crippen LogP contribution in [0.5, 0.6) is 23.0 Å². The molecule has 2 aromatic carbocycles. The van der Waals surface area contributed by atoms with Crippen LogP contribution >= 0.6 is 0 Å². The fourth-order valence-electron chi connectivity index (χ4n) is 4.97. The van der Waals surface area contributed by atoms with Crippen LogP contribution in [-0.4, -0.2) is 71.2 Å². The minimum absolute atomic E-state index is 0.0639. The monoisotopic (exact) mass is 584 g/mol. The summed E-state index contributed by atoms with van der Waals surface area (Å²) in [5.74, 6) is -1.94. The van der Waals surface area contributed by atoms with Crippen molar-refractivity contribution >= 4 is 23.8 Å². The van der Waals surface area contributed by atoms with E-state index in [1.807, 2.05) is 24.3 Å². The molecule has 0 fully saturated rings. The van der Waals surface area contributed by atoms with E-state index in [1.165, 1.54) is 28.1 Å². The van der Waals surface area contributed by atoms with Gasteiger partial charge in [0, 0.05) is 39.0 Å². The molecule has 12 nitrogen and oxygen atoms in total. The molecule has 2 amide bonds. The summed E-state index contributed by atoms with van der Waals surface area (Å²) >= 11 is 0. The Balaban J connectivity index is 1.34. The standard InChI is InChI=1S/C30H36N2O10/c1-17(29(35)36)7-27(33)31-13-19-9-23(39-3)25(11-21(19)15-31)41-5-6-42-26-12-22-16-32(14-20(22)10-24(26)40-4)28(34)8-18(2)30(37)38/h9-12,17-18H,5-8,13-16H2,1-4H3,(H,35,36)(H,37,38)/t17-,18-/m0/s1. The average molecular weight is 585 g/mol. The molecule has 0 saturated carbocycles. The van der Waals surface area contributed by atoms with Gasteiger partial charge in [-0.25, -0.2) is 0 Å².